The van der Waals surface area contributed by atoms with Crippen LogP contribution in [-0.4, -0.2) is 75.5 Å². The summed E-state index contributed by atoms with van der Waals surface area (Å²) in [6, 6.07) is 14.0. The first-order valence-corrected chi connectivity index (χ1v) is 13.4. The van der Waals surface area contributed by atoms with Gasteiger partial charge in [-0.25, -0.2) is 8.42 Å². The Morgan fingerprint density at radius 2 is 1.67 bits per heavy atom. The summed E-state index contributed by atoms with van der Waals surface area (Å²) in [5.74, 6) is -0.747. The number of morpholine rings is 1. The summed E-state index contributed by atoms with van der Waals surface area (Å²) in [4.78, 5) is 27.8. The molecule has 1 atom stereocenters. The Bertz CT molecular complexity index is 1100. The highest BCUT2D eigenvalue weighted by atomic mass is 32.2. The fourth-order valence-electron chi connectivity index (χ4n) is 4.00. The molecule has 9 nitrogen and oxygen atoms in total. The number of ether oxygens (including phenoxy) is 3. The maximum Gasteiger partial charge on any atom is 0.325 e. The fraction of sp³-hybridized carbons (Fsp3) is 0.462. The van der Waals surface area contributed by atoms with Gasteiger partial charge in [-0.2, -0.15) is 4.31 Å². The molecule has 10 heteroatoms. The van der Waals surface area contributed by atoms with Crippen molar-refractivity contribution in [3.05, 3.63) is 60.2 Å². The lowest BCUT2D eigenvalue weighted by atomic mass is 10.0. The van der Waals surface area contributed by atoms with E-state index in [0.717, 1.165) is 9.87 Å². The van der Waals surface area contributed by atoms with Gasteiger partial charge in [-0.15, -0.1) is 0 Å². The predicted octanol–water partition coefficient (Wildman–Crippen LogP) is 2.70. The molecule has 0 saturated carbocycles. The molecular weight excluding hydrogens is 484 g/mol. The van der Waals surface area contributed by atoms with Crippen LogP contribution in [0.2, 0.25) is 0 Å². The van der Waals surface area contributed by atoms with Gasteiger partial charge < -0.3 is 19.1 Å². The molecule has 1 aliphatic heterocycles. The summed E-state index contributed by atoms with van der Waals surface area (Å²) in [5.41, 5.74) is 0.792. The zero-order valence-electron chi connectivity index (χ0n) is 21.0. The molecule has 1 heterocycles. The number of methoxy groups -OCH3 is 1. The smallest absolute Gasteiger partial charge is 0.325 e. The van der Waals surface area contributed by atoms with E-state index in [9.17, 15) is 18.0 Å². The number of benzene rings is 2. The second-order valence-corrected chi connectivity index (χ2v) is 10.7. The normalized spacial score (nSPS) is 15.1. The highest BCUT2D eigenvalue weighted by molar-refractivity contribution is 7.89. The summed E-state index contributed by atoms with van der Waals surface area (Å²) in [7, 11) is -2.65. The molecule has 2 aromatic rings. The lowest BCUT2D eigenvalue weighted by Gasteiger charge is -2.33. The summed E-state index contributed by atoms with van der Waals surface area (Å²) >= 11 is 0. The minimum absolute atomic E-state index is 0.00336. The average Bonchev–Trinajstić information content (AvgIpc) is 2.90. The number of nitrogens with zero attached hydrogens (tertiary/aromatic N) is 2. The van der Waals surface area contributed by atoms with Gasteiger partial charge in [0.25, 0.3) is 0 Å². The molecule has 2 aromatic carbocycles. The quantitative estimate of drug-likeness (QED) is 0.422. The molecule has 1 fully saturated rings. The highest BCUT2D eigenvalue weighted by Gasteiger charge is 2.39. The van der Waals surface area contributed by atoms with E-state index in [2.05, 4.69) is 0 Å². The molecule has 196 valence electrons. The van der Waals surface area contributed by atoms with E-state index in [4.69, 9.17) is 14.2 Å². The standard InChI is InChI=1S/C26H34N2O7S/c1-20(2)25(26(30)35-19-21-7-5-4-6-8-21)28(14-13-24(29)27-15-17-34-18-16-27)36(31,32)23-11-9-22(33-3)10-12-23/h4-12,20,25H,13-19H2,1-3H3. The second-order valence-electron chi connectivity index (χ2n) is 8.82. The minimum Gasteiger partial charge on any atom is -0.497 e. The van der Waals surface area contributed by atoms with Crippen LogP contribution in [0.3, 0.4) is 0 Å². The van der Waals surface area contributed by atoms with Crippen molar-refractivity contribution >= 4 is 21.9 Å². The van der Waals surface area contributed by atoms with E-state index < -0.39 is 28.0 Å². The van der Waals surface area contributed by atoms with E-state index in [0.29, 0.717) is 32.1 Å². The summed E-state index contributed by atoms with van der Waals surface area (Å²) in [6.07, 6.45) is -0.0649. The van der Waals surface area contributed by atoms with Crippen molar-refractivity contribution in [3.8, 4) is 5.75 Å². The number of sulfonamides is 1. The highest BCUT2D eigenvalue weighted by Crippen LogP contribution is 2.26. The Kier molecular flexibility index (Phi) is 9.86. The monoisotopic (exact) mass is 518 g/mol. The zero-order chi connectivity index (χ0) is 26.1. The molecule has 0 aliphatic carbocycles. The van der Waals surface area contributed by atoms with E-state index >= 15 is 0 Å². The number of rotatable bonds is 11. The summed E-state index contributed by atoms with van der Waals surface area (Å²) in [5, 5.41) is 0. The molecule has 1 aliphatic rings. The lowest BCUT2D eigenvalue weighted by Crippen LogP contribution is -2.50. The number of carbonyl (C=O) groups excluding carboxylic acids is 2. The first-order valence-electron chi connectivity index (χ1n) is 12.0. The van der Waals surface area contributed by atoms with Crippen molar-refractivity contribution in [1.82, 2.24) is 9.21 Å². The number of amides is 1. The number of hydrogen-bond acceptors (Lipinski definition) is 7. The van der Waals surface area contributed by atoms with Crippen LogP contribution >= 0.6 is 0 Å². The lowest BCUT2D eigenvalue weighted by molar-refractivity contribution is -0.151. The van der Waals surface area contributed by atoms with Crippen molar-refractivity contribution in [1.29, 1.82) is 0 Å². The molecule has 0 radical (unpaired) electrons. The predicted molar refractivity (Wildman–Crippen MR) is 134 cm³/mol. The van der Waals surface area contributed by atoms with Crippen LogP contribution in [0.1, 0.15) is 25.8 Å². The van der Waals surface area contributed by atoms with Crippen LogP contribution in [0.5, 0.6) is 5.75 Å². The van der Waals surface area contributed by atoms with Crippen LogP contribution in [0.15, 0.2) is 59.5 Å². The third-order valence-electron chi connectivity index (χ3n) is 5.98. The van der Waals surface area contributed by atoms with Crippen LogP contribution in [0.4, 0.5) is 0 Å². The van der Waals surface area contributed by atoms with E-state index in [1.165, 1.54) is 19.2 Å². The van der Waals surface area contributed by atoms with Gasteiger partial charge in [0.15, 0.2) is 0 Å². The molecular formula is C26H34N2O7S. The number of esters is 1. The van der Waals surface area contributed by atoms with E-state index in [-0.39, 0.29) is 30.4 Å². The third kappa shape index (κ3) is 7.05. The van der Waals surface area contributed by atoms with Gasteiger partial charge in [0.2, 0.25) is 15.9 Å². The van der Waals surface area contributed by atoms with Crippen molar-refractivity contribution in [2.45, 2.75) is 37.8 Å². The zero-order valence-corrected chi connectivity index (χ0v) is 21.8. The SMILES string of the molecule is COc1ccc(S(=O)(=O)N(CCC(=O)N2CCOCC2)C(C(=O)OCc2ccccc2)C(C)C)cc1. The van der Waals surface area contributed by atoms with Crippen LogP contribution in [0, 0.1) is 5.92 Å². The van der Waals surface area contributed by atoms with Gasteiger partial charge in [0.05, 0.1) is 25.2 Å². The Balaban J connectivity index is 1.87. The fourth-order valence-corrected chi connectivity index (χ4v) is 5.72. The first kappa shape index (κ1) is 27.6. The molecule has 1 unspecified atom stereocenters. The molecule has 36 heavy (non-hydrogen) atoms. The summed E-state index contributed by atoms with van der Waals surface area (Å²) in [6.45, 7) is 5.18. The second kappa shape index (κ2) is 12.8. The van der Waals surface area contributed by atoms with Crippen molar-refractivity contribution < 1.29 is 32.2 Å². The van der Waals surface area contributed by atoms with Gasteiger partial charge in [-0.05, 0) is 35.7 Å². The van der Waals surface area contributed by atoms with Gasteiger partial charge in [0.1, 0.15) is 18.4 Å². The van der Waals surface area contributed by atoms with Gasteiger partial charge in [-0.1, -0.05) is 44.2 Å². The Morgan fingerprint density at radius 1 is 1.03 bits per heavy atom. The van der Waals surface area contributed by atoms with E-state index in [1.807, 2.05) is 30.3 Å². The maximum absolute atomic E-state index is 13.8. The van der Waals surface area contributed by atoms with Crippen LogP contribution < -0.4 is 4.74 Å². The number of carbonyl (C=O) groups is 2. The Labute approximate surface area is 213 Å². The van der Waals surface area contributed by atoms with Gasteiger partial charge in [0, 0.05) is 26.1 Å². The number of hydrogen-bond donors (Lipinski definition) is 0. The molecule has 0 bridgehead atoms. The van der Waals surface area contributed by atoms with Crippen LogP contribution in [-0.2, 0) is 35.7 Å². The molecule has 0 N–H and O–H groups in total. The van der Waals surface area contributed by atoms with Crippen molar-refractivity contribution in [3.63, 3.8) is 0 Å². The van der Waals surface area contributed by atoms with Crippen molar-refractivity contribution in [2.24, 2.45) is 5.92 Å². The molecule has 0 spiro atoms. The summed E-state index contributed by atoms with van der Waals surface area (Å²) < 4.78 is 44.6. The minimum atomic E-state index is -4.14. The van der Waals surface area contributed by atoms with Gasteiger partial charge in [-0.3, -0.25) is 9.59 Å². The maximum atomic E-state index is 13.8. The molecule has 1 amide bonds. The van der Waals surface area contributed by atoms with Crippen molar-refractivity contribution in [2.75, 3.05) is 40.0 Å². The largest absolute Gasteiger partial charge is 0.497 e. The molecule has 3 rings (SSSR count). The van der Waals surface area contributed by atoms with Crippen LogP contribution in [0.25, 0.3) is 0 Å². The molecule has 0 aromatic heterocycles. The molecule has 1 saturated heterocycles. The van der Waals surface area contributed by atoms with Gasteiger partial charge >= 0.3 is 5.97 Å². The third-order valence-corrected chi connectivity index (χ3v) is 7.88. The van der Waals surface area contributed by atoms with E-state index in [1.54, 1.807) is 30.9 Å². The first-order chi connectivity index (χ1) is 17.2. The Morgan fingerprint density at radius 3 is 2.25 bits per heavy atom. The Hall–Kier alpha value is -2.95. The topological polar surface area (TPSA) is 102 Å². The average molecular weight is 519 g/mol.